The highest BCUT2D eigenvalue weighted by Crippen LogP contribution is 2.14. The summed E-state index contributed by atoms with van der Waals surface area (Å²) in [5.74, 6) is 0.435. The number of hydrogen-bond donors (Lipinski definition) is 1. The maximum absolute atomic E-state index is 12.8. The fraction of sp³-hybridized carbons (Fsp3) is 0.294. The highest BCUT2D eigenvalue weighted by atomic mass is 19.1. The van der Waals surface area contributed by atoms with Crippen molar-refractivity contribution < 1.29 is 9.13 Å². The van der Waals surface area contributed by atoms with Crippen LogP contribution in [0.3, 0.4) is 0 Å². The molecular weight excluding hydrogens is 253 g/mol. The molecule has 0 heterocycles. The van der Waals surface area contributed by atoms with E-state index in [1.165, 1.54) is 17.7 Å². The van der Waals surface area contributed by atoms with Gasteiger partial charge in [0, 0.05) is 0 Å². The smallest absolute Gasteiger partial charge is 0.123 e. The first-order chi connectivity index (χ1) is 9.78. The van der Waals surface area contributed by atoms with Gasteiger partial charge in [0.2, 0.25) is 0 Å². The molecule has 2 nitrogen and oxygen atoms in total. The van der Waals surface area contributed by atoms with Gasteiger partial charge in [-0.1, -0.05) is 31.2 Å². The third-order valence-electron chi connectivity index (χ3n) is 3.08. The molecule has 0 radical (unpaired) electrons. The molecule has 0 spiro atoms. The molecule has 2 rings (SSSR count). The van der Waals surface area contributed by atoms with Gasteiger partial charge >= 0.3 is 0 Å². The largest absolute Gasteiger partial charge is 0.489 e. The molecule has 0 aliphatic heterocycles. The Kier molecular flexibility index (Phi) is 5.56. The molecule has 0 amide bonds. The maximum atomic E-state index is 12.8. The van der Waals surface area contributed by atoms with Crippen LogP contribution in [0, 0.1) is 5.82 Å². The highest BCUT2D eigenvalue weighted by molar-refractivity contribution is 5.25. The van der Waals surface area contributed by atoms with Crippen molar-refractivity contribution >= 4 is 0 Å². The van der Waals surface area contributed by atoms with Crippen LogP contribution in [0.1, 0.15) is 18.1 Å². The molecule has 2 aromatic rings. The van der Waals surface area contributed by atoms with Crippen molar-refractivity contribution in [2.75, 3.05) is 13.1 Å². The van der Waals surface area contributed by atoms with Gasteiger partial charge in [0.05, 0.1) is 0 Å². The lowest BCUT2D eigenvalue weighted by molar-refractivity contribution is 0.305. The zero-order valence-corrected chi connectivity index (χ0v) is 11.7. The summed E-state index contributed by atoms with van der Waals surface area (Å²) in [4.78, 5) is 0. The van der Waals surface area contributed by atoms with Gasteiger partial charge in [-0.15, -0.1) is 0 Å². The molecule has 0 bridgehead atoms. The number of likely N-dealkylation sites (N-methyl/N-ethyl adjacent to an activating group) is 1. The number of nitrogens with one attached hydrogen (secondary N) is 1. The summed E-state index contributed by atoms with van der Waals surface area (Å²) in [7, 11) is 0. The molecule has 0 aromatic heterocycles. The number of halogens is 1. The van der Waals surface area contributed by atoms with Crippen molar-refractivity contribution in [2.45, 2.75) is 20.0 Å². The second kappa shape index (κ2) is 7.65. The first-order valence-corrected chi connectivity index (χ1v) is 6.95. The summed E-state index contributed by atoms with van der Waals surface area (Å²) in [6.07, 6.45) is 1.03. The Labute approximate surface area is 119 Å². The Bertz CT molecular complexity index is 508. The normalized spacial score (nSPS) is 10.5. The van der Waals surface area contributed by atoms with Crippen LogP contribution in [0.15, 0.2) is 48.5 Å². The summed E-state index contributed by atoms with van der Waals surface area (Å²) in [6, 6.07) is 14.5. The minimum atomic E-state index is -0.248. The molecule has 0 fully saturated rings. The topological polar surface area (TPSA) is 21.3 Å². The standard InChI is InChI=1S/C17H20FNO/c1-2-19-12-11-14-3-5-15(6-4-14)13-20-17-9-7-16(18)8-10-17/h3-10,19H,2,11-13H2,1H3. The van der Waals surface area contributed by atoms with E-state index >= 15 is 0 Å². The number of ether oxygens (including phenoxy) is 1. The van der Waals surface area contributed by atoms with E-state index in [1.807, 2.05) is 0 Å². The second-order valence-corrected chi connectivity index (χ2v) is 4.66. The van der Waals surface area contributed by atoms with Crippen molar-refractivity contribution in [3.63, 3.8) is 0 Å². The molecule has 0 unspecified atom stereocenters. The summed E-state index contributed by atoms with van der Waals surface area (Å²) in [6.45, 7) is 4.61. The van der Waals surface area contributed by atoms with Crippen LogP contribution in [0.5, 0.6) is 5.75 Å². The molecule has 0 aliphatic carbocycles. The Morgan fingerprint density at radius 1 is 0.950 bits per heavy atom. The molecule has 1 N–H and O–H groups in total. The van der Waals surface area contributed by atoms with Crippen molar-refractivity contribution in [3.05, 3.63) is 65.5 Å². The predicted octanol–water partition coefficient (Wildman–Crippen LogP) is 3.56. The van der Waals surface area contributed by atoms with E-state index in [1.54, 1.807) is 12.1 Å². The quantitative estimate of drug-likeness (QED) is 0.779. The minimum Gasteiger partial charge on any atom is -0.489 e. The van der Waals surface area contributed by atoms with Gasteiger partial charge in [-0.2, -0.15) is 0 Å². The Balaban J connectivity index is 1.82. The van der Waals surface area contributed by atoms with Gasteiger partial charge in [-0.25, -0.2) is 4.39 Å². The minimum absolute atomic E-state index is 0.248. The lowest BCUT2D eigenvalue weighted by Crippen LogP contribution is -2.15. The van der Waals surface area contributed by atoms with Crippen LogP contribution in [0.2, 0.25) is 0 Å². The van der Waals surface area contributed by atoms with E-state index in [0.717, 1.165) is 25.1 Å². The van der Waals surface area contributed by atoms with Crippen LogP contribution < -0.4 is 10.1 Å². The first kappa shape index (κ1) is 14.5. The van der Waals surface area contributed by atoms with Gasteiger partial charge in [0.25, 0.3) is 0 Å². The molecule has 0 atom stereocenters. The zero-order chi connectivity index (χ0) is 14.2. The van der Waals surface area contributed by atoms with E-state index in [0.29, 0.717) is 12.4 Å². The third kappa shape index (κ3) is 4.67. The van der Waals surface area contributed by atoms with E-state index in [4.69, 9.17) is 4.74 Å². The second-order valence-electron chi connectivity index (χ2n) is 4.66. The van der Waals surface area contributed by atoms with Crippen LogP contribution in [0.25, 0.3) is 0 Å². The monoisotopic (exact) mass is 273 g/mol. The average Bonchev–Trinajstić information content (AvgIpc) is 2.48. The SMILES string of the molecule is CCNCCc1ccc(COc2ccc(F)cc2)cc1. The molecule has 20 heavy (non-hydrogen) atoms. The van der Waals surface area contributed by atoms with E-state index in [2.05, 4.69) is 36.5 Å². The van der Waals surface area contributed by atoms with Crippen LogP contribution in [-0.2, 0) is 13.0 Å². The average molecular weight is 273 g/mol. The van der Waals surface area contributed by atoms with Crippen molar-refractivity contribution in [1.82, 2.24) is 5.32 Å². The lowest BCUT2D eigenvalue weighted by Gasteiger charge is -2.07. The van der Waals surface area contributed by atoms with Crippen molar-refractivity contribution in [1.29, 1.82) is 0 Å². The van der Waals surface area contributed by atoms with E-state index < -0.39 is 0 Å². The predicted molar refractivity (Wildman–Crippen MR) is 79.4 cm³/mol. The molecule has 0 saturated carbocycles. The number of rotatable bonds is 7. The highest BCUT2D eigenvalue weighted by Gasteiger charge is 1.98. The maximum Gasteiger partial charge on any atom is 0.123 e. The molecule has 0 saturated heterocycles. The fourth-order valence-electron chi connectivity index (χ4n) is 1.91. The zero-order valence-electron chi connectivity index (χ0n) is 11.7. The van der Waals surface area contributed by atoms with Crippen molar-refractivity contribution in [2.24, 2.45) is 0 Å². The molecule has 3 heteroatoms. The van der Waals surface area contributed by atoms with Gasteiger partial charge < -0.3 is 10.1 Å². The number of hydrogen-bond acceptors (Lipinski definition) is 2. The Morgan fingerprint density at radius 2 is 1.60 bits per heavy atom. The van der Waals surface area contributed by atoms with Crippen LogP contribution >= 0.6 is 0 Å². The third-order valence-corrected chi connectivity index (χ3v) is 3.08. The fourth-order valence-corrected chi connectivity index (χ4v) is 1.91. The summed E-state index contributed by atoms with van der Waals surface area (Å²) < 4.78 is 18.4. The van der Waals surface area contributed by atoms with Gasteiger partial charge in [0.15, 0.2) is 0 Å². The Hall–Kier alpha value is -1.87. The van der Waals surface area contributed by atoms with Gasteiger partial charge in [-0.3, -0.25) is 0 Å². The number of benzene rings is 2. The van der Waals surface area contributed by atoms with Crippen LogP contribution in [-0.4, -0.2) is 13.1 Å². The van der Waals surface area contributed by atoms with Crippen LogP contribution in [0.4, 0.5) is 4.39 Å². The molecule has 2 aromatic carbocycles. The van der Waals surface area contributed by atoms with E-state index in [9.17, 15) is 4.39 Å². The van der Waals surface area contributed by atoms with Crippen molar-refractivity contribution in [3.8, 4) is 5.75 Å². The lowest BCUT2D eigenvalue weighted by atomic mass is 10.1. The molecule has 106 valence electrons. The van der Waals surface area contributed by atoms with Gasteiger partial charge in [0.1, 0.15) is 18.2 Å². The summed E-state index contributed by atoms with van der Waals surface area (Å²) >= 11 is 0. The summed E-state index contributed by atoms with van der Waals surface area (Å²) in [5.41, 5.74) is 2.43. The molecule has 0 aliphatic rings. The first-order valence-electron chi connectivity index (χ1n) is 6.95. The molecular formula is C17H20FNO. The Morgan fingerprint density at radius 3 is 2.25 bits per heavy atom. The van der Waals surface area contributed by atoms with Gasteiger partial charge in [-0.05, 0) is 54.9 Å². The van der Waals surface area contributed by atoms with E-state index in [-0.39, 0.29) is 5.82 Å². The summed E-state index contributed by atoms with van der Waals surface area (Å²) in [5, 5.41) is 3.31.